The molecule has 8 heteroatoms. The van der Waals surface area contributed by atoms with E-state index in [2.05, 4.69) is 25.3 Å². The summed E-state index contributed by atoms with van der Waals surface area (Å²) in [5, 5.41) is 7.27. The highest BCUT2D eigenvalue weighted by Gasteiger charge is 2.30. The molecule has 0 aromatic carbocycles. The number of likely N-dealkylation sites (tertiary alicyclic amines) is 1. The molecule has 0 radical (unpaired) electrons. The number of hydrogen-bond donors (Lipinski definition) is 1. The standard InChI is InChI=1S/C15H18ClN5O2/c1-10(15(22)19-13-5-4-12(16)7-17-13)21-6-2-3-11(8-21)14-18-9-23-20-14/h4-5,7,9-11H,2-3,6,8H2,1H3,(H,17,19,22)/t10-,11-/m0/s1. The van der Waals surface area contributed by atoms with E-state index in [9.17, 15) is 4.79 Å². The van der Waals surface area contributed by atoms with Gasteiger partial charge >= 0.3 is 0 Å². The number of halogens is 1. The van der Waals surface area contributed by atoms with E-state index in [1.165, 1.54) is 12.6 Å². The smallest absolute Gasteiger partial charge is 0.242 e. The Labute approximate surface area is 139 Å². The van der Waals surface area contributed by atoms with E-state index < -0.39 is 0 Å². The third kappa shape index (κ3) is 3.86. The lowest BCUT2D eigenvalue weighted by atomic mass is 9.96. The Morgan fingerprint density at radius 1 is 1.48 bits per heavy atom. The van der Waals surface area contributed by atoms with Crippen molar-refractivity contribution in [3.63, 3.8) is 0 Å². The van der Waals surface area contributed by atoms with E-state index in [-0.39, 0.29) is 17.9 Å². The molecule has 2 aromatic heterocycles. The zero-order chi connectivity index (χ0) is 16.2. The molecule has 3 heterocycles. The number of anilines is 1. The van der Waals surface area contributed by atoms with Gasteiger partial charge in [0.2, 0.25) is 12.3 Å². The van der Waals surface area contributed by atoms with Crippen LogP contribution in [0.2, 0.25) is 5.02 Å². The average Bonchev–Trinajstić information content (AvgIpc) is 3.11. The molecule has 1 amide bonds. The highest BCUT2D eigenvalue weighted by Crippen LogP contribution is 2.25. The normalized spacial score (nSPS) is 20.2. The van der Waals surface area contributed by atoms with Gasteiger partial charge in [-0.25, -0.2) is 4.98 Å². The van der Waals surface area contributed by atoms with Crippen molar-refractivity contribution < 1.29 is 9.32 Å². The Kier molecular flexibility index (Phi) is 4.88. The first kappa shape index (κ1) is 15.9. The van der Waals surface area contributed by atoms with Crippen LogP contribution in [-0.4, -0.2) is 45.1 Å². The highest BCUT2D eigenvalue weighted by atomic mass is 35.5. The fourth-order valence-electron chi connectivity index (χ4n) is 2.77. The molecular weight excluding hydrogens is 318 g/mol. The second kappa shape index (κ2) is 7.06. The summed E-state index contributed by atoms with van der Waals surface area (Å²) in [4.78, 5) is 22.8. The van der Waals surface area contributed by atoms with Gasteiger partial charge in [0.15, 0.2) is 5.82 Å². The van der Waals surface area contributed by atoms with Crippen LogP contribution < -0.4 is 5.32 Å². The fraction of sp³-hybridized carbons (Fsp3) is 0.467. The Bertz CT molecular complexity index is 646. The molecule has 0 unspecified atom stereocenters. The minimum absolute atomic E-state index is 0.0893. The summed E-state index contributed by atoms with van der Waals surface area (Å²) in [5.74, 6) is 1.32. The molecule has 1 aliphatic heterocycles. The number of nitrogens with one attached hydrogen (secondary N) is 1. The van der Waals surface area contributed by atoms with Gasteiger partial charge < -0.3 is 9.84 Å². The molecule has 1 saturated heterocycles. The first-order valence-electron chi connectivity index (χ1n) is 7.56. The number of rotatable bonds is 4. The van der Waals surface area contributed by atoms with Crippen LogP contribution in [0.1, 0.15) is 31.5 Å². The van der Waals surface area contributed by atoms with E-state index in [1.807, 2.05) is 6.92 Å². The molecule has 1 fully saturated rings. The van der Waals surface area contributed by atoms with E-state index in [1.54, 1.807) is 12.1 Å². The molecule has 0 aliphatic carbocycles. The van der Waals surface area contributed by atoms with Gasteiger partial charge in [0.05, 0.1) is 11.1 Å². The summed E-state index contributed by atoms with van der Waals surface area (Å²) in [6.07, 6.45) is 4.85. The second-order valence-electron chi connectivity index (χ2n) is 5.65. The molecule has 0 spiro atoms. The minimum Gasteiger partial charge on any atom is -0.343 e. The van der Waals surface area contributed by atoms with E-state index >= 15 is 0 Å². The number of amides is 1. The van der Waals surface area contributed by atoms with Crippen LogP contribution in [0.3, 0.4) is 0 Å². The van der Waals surface area contributed by atoms with Crippen LogP contribution in [0.5, 0.6) is 0 Å². The molecule has 122 valence electrons. The average molecular weight is 336 g/mol. The predicted octanol–water partition coefficient (Wildman–Crippen LogP) is 2.32. The quantitative estimate of drug-likeness (QED) is 0.923. The number of aromatic nitrogens is 3. The van der Waals surface area contributed by atoms with E-state index in [4.69, 9.17) is 16.1 Å². The van der Waals surface area contributed by atoms with Gasteiger partial charge in [0, 0.05) is 18.7 Å². The van der Waals surface area contributed by atoms with E-state index in [0.29, 0.717) is 16.7 Å². The Hall–Kier alpha value is -1.99. The monoisotopic (exact) mass is 335 g/mol. The van der Waals surface area contributed by atoms with Crippen molar-refractivity contribution in [3.05, 3.63) is 35.6 Å². The maximum Gasteiger partial charge on any atom is 0.242 e. The van der Waals surface area contributed by atoms with Crippen molar-refractivity contribution in [2.45, 2.75) is 31.7 Å². The molecule has 0 saturated carbocycles. The first-order chi connectivity index (χ1) is 11.1. The third-order valence-corrected chi connectivity index (χ3v) is 4.33. The van der Waals surface area contributed by atoms with Gasteiger partial charge in [-0.3, -0.25) is 9.69 Å². The summed E-state index contributed by atoms with van der Waals surface area (Å²) < 4.78 is 4.82. The van der Waals surface area contributed by atoms with Crippen molar-refractivity contribution in [2.24, 2.45) is 0 Å². The number of pyridine rings is 1. The van der Waals surface area contributed by atoms with Crippen LogP contribution in [-0.2, 0) is 4.79 Å². The van der Waals surface area contributed by atoms with Gasteiger partial charge in [-0.05, 0) is 38.4 Å². The SMILES string of the molecule is C[C@@H](C(=O)Nc1ccc(Cl)cn1)N1CCC[C@H](c2ncon2)C1. The zero-order valence-corrected chi connectivity index (χ0v) is 13.5. The number of carbonyl (C=O) groups excluding carboxylic acids is 1. The Morgan fingerprint density at radius 2 is 2.35 bits per heavy atom. The van der Waals surface area contributed by atoms with Crippen LogP contribution in [0.4, 0.5) is 5.82 Å². The number of carbonyl (C=O) groups is 1. The van der Waals surface area contributed by atoms with Gasteiger partial charge in [0.1, 0.15) is 5.82 Å². The van der Waals surface area contributed by atoms with Gasteiger partial charge in [-0.15, -0.1) is 0 Å². The van der Waals surface area contributed by atoms with Crippen molar-refractivity contribution in [1.29, 1.82) is 0 Å². The van der Waals surface area contributed by atoms with Crippen molar-refractivity contribution in [2.75, 3.05) is 18.4 Å². The second-order valence-corrected chi connectivity index (χ2v) is 6.09. The van der Waals surface area contributed by atoms with E-state index in [0.717, 1.165) is 25.9 Å². The highest BCUT2D eigenvalue weighted by molar-refractivity contribution is 6.30. The van der Waals surface area contributed by atoms with Gasteiger partial charge in [0.25, 0.3) is 0 Å². The molecule has 2 aromatic rings. The summed E-state index contributed by atoms with van der Waals surface area (Å²) >= 11 is 5.79. The van der Waals surface area contributed by atoms with Crippen molar-refractivity contribution in [3.8, 4) is 0 Å². The summed E-state index contributed by atoms with van der Waals surface area (Å²) in [7, 11) is 0. The Balaban J connectivity index is 1.61. The molecule has 1 aliphatic rings. The Morgan fingerprint density at radius 3 is 3.04 bits per heavy atom. The third-order valence-electron chi connectivity index (χ3n) is 4.10. The molecule has 2 atom stereocenters. The van der Waals surface area contributed by atoms with Crippen LogP contribution >= 0.6 is 11.6 Å². The predicted molar refractivity (Wildman–Crippen MR) is 85.2 cm³/mol. The number of hydrogen-bond acceptors (Lipinski definition) is 6. The lowest BCUT2D eigenvalue weighted by Gasteiger charge is -2.34. The summed E-state index contributed by atoms with van der Waals surface area (Å²) in [5.41, 5.74) is 0. The largest absolute Gasteiger partial charge is 0.343 e. The van der Waals surface area contributed by atoms with Crippen molar-refractivity contribution in [1.82, 2.24) is 20.0 Å². The topological polar surface area (TPSA) is 84.2 Å². The van der Waals surface area contributed by atoms with Gasteiger partial charge in [-0.2, -0.15) is 4.98 Å². The molecule has 1 N–H and O–H groups in total. The van der Waals surface area contributed by atoms with Crippen LogP contribution in [0, 0.1) is 0 Å². The zero-order valence-electron chi connectivity index (χ0n) is 12.8. The van der Waals surface area contributed by atoms with Gasteiger partial charge in [-0.1, -0.05) is 16.8 Å². The number of nitrogens with zero attached hydrogens (tertiary/aromatic N) is 4. The molecule has 3 rings (SSSR count). The molecule has 0 bridgehead atoms. The lowest BCUT2D eigenvalue weighted by molar-refractivity contribution is -0.121. The van der Waals surface area contributed by atoms with Crippen LogP contribution in [0.15, 0.2) is 29.2 Å². The first-order valence-corrected chi connectivity index (χ1v) is 7.94. The minimum atomic E-state index is -0.262. The molecule has 23 heavy (non-hydrogen) atoms. The lowest BCUT2D eigenvalue weighted by Crippen LogP contribution is -2.46. The molecular formula is C15H18ClN5O2. The summed E-state index contributed by atoms with van der Waals surface area (Å²) in [6, 6.07) is 3.12. The summed E-state index contributed by atoms with van der Waals surface area (Å²) in [6.45, 7) is 3.50. The fourth-order valence-corrected chi connectivity index (χ4v) is 2.89. The maximum absolute atomic E-state index is 12.4. The maximum atomic E-state index is 12.4. The number of piperidine rings is 1. The molecule has 7 nitrogen and oxygen atoms in total. The van der Waals surface area contributed by atoms with Crippen LogP contribution in [0.25, 0.3) is 0 Å². The van der Waals surface area contributed by atoms with Crippen molar-refractivity contribution >= 4 is 23.3 Å².